The normalized spacial score (nSPS) is 8.53. The van der Waals surface area contributed by atoms with Gasteiger partial charge in [-0.2, -0.15) is 0 Å². The van der Waals surface area contributed by atoms with Gasteiger partial charge in [0.1, 0.15) is 0 Å². The topological polar surface area (TPSA) is 114 Å². The highest BCUT2D eigenvalue weighted by Crippen LogP contribution is 1.82. The smallest absolute Gasteiger partial charge is 0.411 e. The van der Waals surface area contributed by atoms with Crippen molar-refractivity contribution in [2.24, 2.45) is 0 Å². The SMILES string of the molecule is C=CC(=O)OCOC(=O)NCNC(=O)O. The van der Waals surface area contributed by atoms with Crippen LogP contribution < -0.4 is 10.6 Å². The molecule has 0 aliphatic heterocycles. The molecule has 15 heavy (non-hydrogen) atoms. The maximum atomic E-state index is 10.7. The second-order valence-electron chi connectivity index (χ2n) is 2.05. The number of carbonyl (C=O) groups is 3. The molecule has 0 unspecified atom stereocenters. The number of hydrogen-bond donors (Lipinski definition) is 3. The van der Waals surface area contributed by atoms with Crippen LogP contribution in [0.2, 0.25) is 0 Å². The Morgan fingerprint density at radius 2 is 1.93 bits per heavy atom. The Morgan fingerprint density at radius 3 is 2.47 bits per heavy atom. The summed E-state index contributed by atoms with van der Waals surface area (Å²) in [5.41, 5.74) is 0. The first-order valence-electron chi connectivity index (χ1n) is 3.73. The van der Waals surface area contributed by atoms with Gasteiger partial charge in [0.2, 0.25) is 6.79 Å². The second-order valence-corrected chi connectivity index (χ2v) is 2.05. The summed E-state index contributed by atoms with van der Waals surface area (Å²) in [5, 5.41) is 12.0. The maximum Gasteiger partial charge on any atom is 0.411 e. The lowest BCUT2D eigenvalue weighted by Crippen LogP contribution is -2.37. The Labute approximate surface area is 84.8 Å². The molecule has 0 saturated carbocycles. The Hall–Kier alpha value is -2.25. The maximum absolute atomic E-state index is 10.7. The zero-order valence-corrected chi connectivity index (χ0v) is 7.69. The van der Waals surface area contributed by atoms with E-state index in [9.17, 15) is 14.4 Å². The van der Waals surface area contributed by atoms with Crippen molar-refractivity contribution in [3.63, 3.8) is 0 Å². The van der Waals surface area contributed by atoms with Crippen LogP contribution in [0.3, 0.4) is 0 Å². The summed E-state index contributed by atoms with van der Waals surface area (Å²) in [6.45, 7) is 2.25. The van der Waals surface area contributed by atoms with Crippen LogP contribution in [-0.2, 0) is 14.3 Å². The molecule has 0 spiro atoms. The molecule has 8 heteroatoms. The quantitative estimate of drug-likeness (QED) is 0.329. The highest BCUT2D eigenvalue weighted by atomic mass is 16.7. The van der Waals surface area contributed by atoms with Gasteiger partial charge >= 0.3 is 18.2 Å². The third-order valence-electron chi connectivity index (χ3n) is 1.03. The van der Waals surface area contributed by atoms with Gasteiger partial charge in [0.05, 0.1) is 6.67 Å². The number of esters is 1. The first kappa shape index (κ1) is 12.8. The van der Waals surface area contributed by atoms with Gasteiger partial charge in [-0.25, -0.2) is 14.4 Å². The molecule has 3 N–H and O–H groups in total. The average Bonchev–Trinajstić information content (AvgIpc) is 2.17. The lowest BCUT2D eigenvalue weighted by Gasteiger charge is -2.06. The summed E-state index contributed by atoms with van der Waals surface area (Å²) >= 11 is 0. The Kier molecular flexibility index (Phi) is 6.10. The standard InChI is InChI=1S/C7H10N2O6/c1-2-5(10)14-4-15-7(13)9-3-8-6(11)12/h2,8H,1,3-4H2,(H,9,13)(H,11,12). The first-order chi connectivity index (χ1) is 7.06. The predicted molar refractivity (Wildman–Crippen MR) is 46.8 cm³/mol. The summed E-state index contributed by atoms with van der Waals surface area (Å²) < 4.78 is 8.63. The van der Waals surface area contributed by atoms with E-state index in [1.807, 2.05) is 10.6 Å². The number of rotatable bonds is 5. The van der Waals surface area contributed by atoms with Crippen molar-refractivity contribution in [1.82, 2.24) is 10.6 Å². The number of nitrogens with one attached hydrogen (secondary N) is 2. The number of amides is 2. The van der Waals surface area contributed by atoms with Crippen molar-refractivity contribution in [2.45, 2.75) is 0 Å². The number of hydrogen-bond acceptors (Lipinski definition) is 5. The summed E-state index contributed by atoms with van der Waals surface area (Å²) in [6, 6.07) is 0. The molecule has 0 aromatic heterocycles. The van der Waals surface area contributed by atoms with Crippen LogP contribution in [0.5, 0.6) is 0 Å². The average molecular weight is 218 g/mol. The van der Waals surface area contributed by atoms with Gasteiger partial charge in [0, 0.05) is 6.08 Å². The van der Waals surface area contributed by atoms with Crippen LogP contribution in [0.4, 0.5) is 9.59 Å². The summed E-state index contributed by atoms with van der Waals surface area (Å²) in [5.74, 6) is -0.730. The summed E-state index contributed by atoms with van der Waals surface area (Å²) in [7, 11) is 0. The predicted octanol–water partition coefficient (Wildman–Crippen LogP) is -0.376. The van der Waals surface area contributed by atoms with E-state index in [4.69, 9.17) is 5.11 Å². The van der Waals surface area contributed by atoms with Gasteiger partial charge in [-0.15, -0.1) is 0 Å². The zero-order chi connectivity index (χ0) is 11.7. The third-order valence-corrected chi connectivity index (χ3v) is 1.03. The Balaban J connectivity index is 3.45. The first-order valence-corrected chi connectivity index (χ1v) is 3.73. The summed E-state index contributed by atoms with van der Waals surface area (Å²) in [4.78, 5) is 31.1. The van der Waals surface area contributed by atoms with Crippen LogP contribution in [0, 0.1) is 0 Å². The monoisotopic (exact) mass is 218 g/mol. The minimum atomic E-state index is -1.28. The fourth-order valence-electron chi connectivity index (χ4n) is 0.443. The molecule has 84 valence electrons. The number of carboxylic acid groups (broad SMARTS) is 1. The van der Waals surface area contributed by atoms with Crippen LogP contribution in [0.15, 0.2) is 12.7 Å². The fourth-order valence-corrected chi connectivity index (χ4v) is 0.443. The van der Waals surface area contributed by atoms with Crippen molar-refractivity contribution in [3.05, 3.63) is 12.7 Å². The minimum Gasteiger partial charge on any atom is -0.465 e. The molecule has 0 radical (unpaired) electrons. The molecule has 0 fully saturated rings. The van der Waals surface area contributed by atoms with Crippen molar-refractivity contribution < 1.29 is 29.0 Å². The van der Waals surface area contributed by atoms with Gasteiger partial charge in [-0.1, -0.05) is 6.58 Å². The lowest BCUT2D eigenvalue weighted by atomic mass is 10.7. The molecule has 0 aliphatic carbocycles. The van der Waals surface area contributed by atoms with E-state index in [0.717, 1.165) is 6.08 Å². The number of carbonyl (C=O) groups excluding carboxylic acids is 2. The number of alkyl carbamates (subject to hydrolysis) is 1. The molecular weight excluding hydrogens is 208 g/mol. The van der Waals surface area contributed by atoms with E-state index in [2.05, 4.69) is 16.1 Å². The van der Waals surface area contributed by atoms with Crippen LogP contribution in [0.25, 0.3) is 0 Å². The molecule has 0 atom stereocenters. The van der Waals surface area contributed by atoms with Crippen molar-refractivity contribution in [2.75, 3.05) is 13.5 Å². The molecule has 2 amide bonds. The molecule has 0 heterocycles. The Morgan fingerprint density at radius 1 is 1.27 bits per heavy atom. The zero-order valence-electron chi connectivity index (χ0n) is 7.69. The highest BCUT2D eigenvalue weighted by Gasteiger charge is 2.02. The molecule has 0 saturated heterocycles. The van der Waals surface area contributed by atoms with Crippen molar-refractivity contribution in [1.29, 1.82) is 0 Å². The van der Waals surface area contributed by atoms with Crippen LogP contribution >= 0.6 is 0 Å². The number of ether oxygens (including phenoxy) is 2. The molecule has 0 bridgehead atoms. The minimum absolute atomic E-state index is 0.302. The fraction of sp³-hybridized carbons (Fsp3) is 0.286. The van der Waals surface area contributed by atoms with E-state index < -0.39 is 24.9 Å². The van der Waals surface area contributed by atoms with Gasteiger partial charge in [0.15, 0.2) is 0 Å². The van der Waals surface area contributed by atoms with E-state index in [0.29, 0.717) is 0 Å². The molecule has 8 nitrogen and oxygen atoms in total. The van der Waals surface area contributed by atoms with E-state index in [-0.39, 0.29) is 6.67 Å². The molecule has 0 aromatic carbocycles. The van der Waals surface area contributed by atoms with E-state index >= 15 is 0 Å². The van der Waals surface area contributed by atoms with Crippen LogP contribution in [0.1, 0.15) is 0 Å². The molecule has 0 aliphatic rings. The molecule has 0 aromatic rings. The summed E-state index contributed by atoms with van der Waals surface area (Å²) in [6.07, 6.45) is -1.29. The largest absolute Gasteiger partial charge is 0.465 e. The highest BCUT2D eigenvalue weighted by molar-refractivity contribution is 5.81. The van der Waals surface area contributed by atoms with Gasteiger partial charge < -0.3 is 25.2 Å². The van der Waals surface area contributed by atoms with Gasteiger partial charge in [-0.3, -0.25) is 0 Å². The second kappa shape index (κ2) is 7.18. The van der Waals surface area contributed by atoms with Crippen molar-refractivity contribution in [3.8, 4) is 0 Å². The molecular formula is C7H10N2O6. The van der Waals surface area contributed by atoms with E-state index in [1.54, 1.807) is 0 Å². The molecule has 0 rings (SSSR count). The van der Waals surface area contributed by atoms with Gasteiger partial charge in [0.25, 0.3) is 0 Å². The van der Waals surface area contributed by atoms with E-state index in [1.165, 1.54) is 0 Å². The van der Waals surface area contributed by atoms with Crippen molar-refractivity contribution >= 4 is 18.2 Å². The third kappa shape index (κ3) is 8.09. The lowest BCUT2D eigenvalue weighted by molar-refractivity contribution is -0.145. The van der Waals surface area contributed by atoms with Crippen LogP contribution in [-0.4, -0.2) is 36.7 Å². The van der Waals surface area contributed by atoms with Gasteiger partial charge in [-0.05, 0) is 0 Å². The Bertz CT molecular complexity index is 264.